The molecular weight excluding hydrogens is 260 g/mol. The molecule has 102 valence electrons. The standard InChI is InChI=1S/C14H12N2O4/c1-8-2-3-12(17)10(6-8)13(18)16-9-4-5-15-11(7-9)14(19)20/h2-7,17H,1H3,(H,19,20)(H,15,16,18). The van der Waals surface area contributed by atoms with Gasteiger partial charge in [0.1, 0.15) is 11.4 Å². The first-order valence-electron chi connectivity index (χ1n) is 5.77. The number of nitrogens with one attached hydrogen (secondary N) is 1. The number of carboxylic acid groups (broad SMARTS) is 1. The van der Waals surface area contributed by atoms with E-state index >= 15 is 0 Å². The summed E-state index contributed by atoms with van der Waals surface area (Å²) in [5.41, 5.74) is 1.08. The highest BCUT2D eigenvalue weighted by Crippen LogP contribution is 2.20. The third kappa shape index (κ3) is 2.92. The van der Waals surface area contributed by atoms with Crippen molar-refractivity contribution in [3.05, 3.63) is 53.3 Å². The van der Waals surface area contributed by atoms with Crippen LogP contribution < -0.4 is 5.32 Å². The van der Waals surface area contributed by atoms with E-state index in [-0.39, 0.29) is 17.0 Å². The molecule has 2 rings (SSSR count). The van der Waals surface area contributed by atoms with Crippen molar-refractivity contribution in [3.63, 3.8) is 0 Å². The molecule has 0 atom stereocenters. The van der Waals surface area contributed by atoms with Crippen LogP contribution in [0, 0.1) is 6.92 Å². The van der Waals surface area contributed by atoms with Crippen molar-refractivity contribution in [2.24, 2.45) is 0 Å². The average Bonchev–Trinajstić information content (AvgIpc) is 2.41. The van der Waals surface area contributed by atoms with Gasteiger partial charge in [0, 0.05) is 11.9 Å². The predicted octanol–water partition coefficient (Wildman–Crippen LogP) is 2.05. The van der Waals surface area contributed by atoms with Crippen LogP contribution in [0.15, 0.2) is 36.5 Å². The van der Waals surface area contributed by atoms with E-state index in [1.165, 1.54) is 24.4 Å². The molecule has 1 amide bonds. The molecule has 0 aliphatic carbocycles. The maximum Gasteiger partial charge on any atom is 0.354 e. The maximum atomic E-state index is 12.0. The molecule has 3 N–H and O–H groups in total. The zero-order chi connectivity index (χ0) is 14.7. The Morgan fingerprint density at radius 3 is 2.65 bits per heavy atom. The molecule has 0 saturated heterocycles. The number of phenols is 1. The van der Waals surface area contributed by atoms with Gasteiger partial charge in [-0.15, -0.1) is 0 Å². The van der Waals surface area contributed by atoms with Gasteiger partial charge < -0.3 is 15.5 Å². The second-order valence-corrected chi connectivity index (χ2v) is 4.21. The highest BCUT2D eigenvalue weighted by molar-refractivity contribution is 6.06. The number of nitrogens with zero attached hydrogens (tertiary/aromatic N) is 1. The van der Waals surface area contributed by atoms with E-state index in [1.54, 1.807) is 19.1 Å². The molecule has 1 aromatic heterocycles. The van der Waals surface area contributed by atoms with Gasteiger partial charge in [-0.05, 0) is 31.2 Å². The van der Waals surface area contributed by atoms with E-state index in [1.807, 2.05) is 0 Å². The topological polar surface area (TPSA) is 99.5 Å². The Bertz CT molecular complexity index is 683. The number of carbonyl (C=O) groups is 2. The fraction of sp³-hybridized carbons (Fsp3) is 0.0714. The number of carboxylic acids is 1. The van der Waals surface area contributed by atoms with Crippen molar-refractivity contribution in [3.8, 4) is 5.75 Å². The van der Waals surface area contributed by atoms with Crippen molar-refractivity contribution in [1.29, 1.82) is 0 Å². The van der Waals surface area contributed by atoms with Gasteiger partial charge in [-0.3, -0.25) is 4.79 Å². The molecular formula is C14H12N2O4. The molecule has 0 bridgehead atoms. The summed E-state index contributed by atoms with van der Waals surface area (Å²) in [6.07, 6.45) is 1.29. The molecule has 0 unspecified atom stereocenters. The van der Waals surface area contributed by atoms with Crippen LogP contribution in [0.1, 0.15) is 26.4 Å². The SMILES string of the molecule is Cc1ccc(O)c(C(=O)Nc2ccnc(C(=O)O)c2)c1. The minimum Gasteiger partial charge on any atom is -0.507 e. The highest BCUT2D eigenvalue weighted by atomic mass is 16.4. The number of hydrogen-bond donors (Lipinski definition) is 3. The van der Waals surface area contributed by atoms with E-state index in [0.29, 0.717) is 5.69 Å². The van der Waals surface area contributed by atoms with Gasteiger partial charge in [0.25, 0.3) is 5.91 Å². The Labute approximate surface area is 114 Å². The quantitative estimate of drug-likeness (QED) is 0.794. The zero-order valence-corrected chi connectivity index (χ0v) is 10.6. The van der Waals surface area contributed by atoms with Gasteiger partial charge in [0.15, 0.2) is 0 Å². The summed E-state index contributed by atoms with van der Waals surface area (Å²) < 4.78 is 0. The van der Waals surface area contributed by atoms with Crippen molar-refractivity contribution in [2.45, 2.75) is 6.92 Å². The Morgan fingerprint density at radius 1 is 1.20 bits per heavy atom. The van der Waals surface area contributed by atoms with E-state index < -0.39 is 11.9 Å². The molecule has 0 aliphatic rings. The number of pyridine rings is 1. The van der Waals surface area contributed by atoms with E-state index in [2.05, 4.69) is 10.3 Å². The molecule has 0 saturated carbocycles. The van der Waals surface area contributed by atoms with Gasteiger partial charge >= 0.3 is 5.97 Å². The smallest absolute Gasteiger partial charge is 0.354 e. The molecule has 0 spiro atoms. The summed E-state index contributed by atoms with van der Waals surface area (Å²) in [5.74, 6) is -1.84. The van der Waals surface area contributed by atoms with Gasteiger partial charge in [-0.25, -0.2) is 9.78 Å². The van der Waals surface area contributed by atoms with Gasteiger partial charge in [-0.1, -0.05) is 11.6 Å². The number of phenolic OH excluding ortho intramolecular Hbond substituents is 1. The van der Waals surface area contributed by atoms with Crippen molar-refractivity contribution in [1.82, 2.24) is 4.98 Å². The predicted molar refractivity (Wildman–Crippen MR) is 72.0 cm³/mol. The molecule has 0 radical (unpaired) electrons. The van der Waals surface area contributed by atoms with Crippen LogP contribution in [0.4, 0.5) is 5.69 Å². The number of amides is 1. The summed E-state index contributed by atoms with van der Waals surface area (Å²) in [6.45, 7) is 1.80. The number of anilines is 1. The molecule has 6 nitrogen and oxygen atoms in total. The van der Waals surface area contributed by atoms with Crippen molar-refractivity contribution in [2.75, 3.05) is 5.32 Å². The first-order valence-corrected chi connectivity index (χ1v) is 5.77. The number of benzene rings is 1. The van der Waals surface area contributed by atoms with E-state index in [4.69, 9.17) is 5.11 Å². The molecule has 1 heterocycles. The van der Waals surface area contributed by atoms with Crippen LogP contribution in [-0.4, -0.2) is 27.1 Å². The Morgan fingerprint density at radius 2 is 1.95 bits per heavy atom. The lowest BCUT2D eigenvalue weighted by molar-refractivity contribution is 0.0690. The minimum atomic E-state index is -1.18. The van der Waals surface area contributed by atoms with Gasteiger partial charge in [-0.2, -0.15) is 0 Å². The van der Waals surface area contributed by atoms with Crippen LogP contribution >= 0.6 is 0 Å². The molecule has 0 aliphatic heterocycles. The largest absolute Gasteiger partial charge is 0.507 e. The first-order chi connectivity index (χ1) is 9.47. The van der Waals surface area contributed by atoms with Crippen LogP contribution in [0.3, 0.4) is 0 Å². The zero-order valence-electron chi connectivity index (χ0n) is 10.6. The lowest BCUT2D eigenvalue weighted by Crippen LogP contribution is -2.13. The first kappa shape index (κ1) is 13.5. The third-order valence-corrected chi connectivity index (χ3v) is 2.63. The van der Waals surface area contributed by atoms with Crippen molar-refractivity contribution >= 4 is 17.6 Å². The molecule has 1 aromatic carbocycles. The summed E-state index contributed by atoms with van der Waals surface area (Å²) in [7, 11) is 0. The van der Waals surface area contributed by atoms with Crippen molar-refractivity contribution < 1.29 is 19.8 Å². The van der Waals surface area contributed by atoms with Gasteiger partial charge in [0.05, 0.1) is 5.56 Å². The summed E-state index contributed by atoms with van der Waals surface area (Å²) in [4.78, 5) is 26.5. The number of aromatic carboxylic acids is 1. The summed E-state index contributed by atoms with van der Waals surface area (Å²) in [5, 5.41) is 21.0. The Hall–Kier alpha value is -2.89. The fourth-order valence-electron chi connectivity index (χ4n) is 1.66. The average molecular weight is 272 g/mol. The number of aromatic nitrogens is 1. The van der Waals surface area contributed by atoms with Gasteiger partial charge in [0.2, 0.25) is 0 Å². The minimum absolute atomic E-state index is 0.124. The number of hydrogen-bond acceptors (Lipinski definition) is 4. The summed E-state index contributed by atoms with van der Waals surface area (Å²) in [6, 6.07) is 7.37. The second kappa shape index (κ2) is 5.40. The lowest BCUT2D eigenvalue weighted by Gasteiger charge is -2.08. The molecule has 0 fully saturated rings. The van der Waals surface area contributed by atoms with Crippen LogP contribution in [0.5, 0.6) is 5.75 Å². The normalized spacial score (nSPS) is 10.1. The number of rotatable bonds is 3. The molecule has 20 heavy (non-hydrogen) atoms. The van der Waals surface area contributed by atoms with E-state index in [9.17, 15) is 14.7 Å². The monoisotopic (exact) mass is 272 g/mol. The van der Waals surface area contributed by atoms with Crippen LogP contribution in [0.25, 0.3) is 0 Å². The third-order valence-electron chi connectivity index (χ3n) is 2.63. The highest BCUT2D eigenvalue weighted by Gasteiger charge is 2.12. The maximum absolute atomic E-state index is 12.0. The van der Waals surface area contributed by atoms with Crippen LogP contribution in [-0.2, 0) is 0 Å². The second-order valence-electron chi connectivity index (χ2n) is 4.21. The number of aromatic hydroxyl groups is 1. The summed E-state index contributed by atoms with van der Waals surface area (Å²) >= 11 is 0. The molecule has 6 heteroatoms. The fourth-order valence-corrected chi connectivity index (χ4v) is 1.66. The molecule has 2 aromatic rings. The number of carbonyl (C=O) groups excluding carboxylic acids is 1. The number of aryl methyl sites for hydroxylation is 1. The Kier molecular flexibility index (Phi) is 3.65. The Balaban J connectivity index is 2.25. The van der Waals surface area contributed by atoms with E-state index in [0.717, 1.165) is 5.56 Å². The van der Waals surface area contributed by atoms with Crippen LogP contribution in [0.2, 0.25) is 0 Å². The lowest BCUT2D eigenvalue weighted by atomic mass is 10.1.